The molecule has 0 aromatic carbocycles. The third-order valence-corrected chi connectivity index (χ3v) is 3.14. The van der Waals surface area contributed by atoms with Gasteiger partial charge < -0.3 is 15.4 Å². The molecule has 1 saturated heterocycles. The van der Waals surface area contributed by atoms with Crippen LogP contribution in [0.5, 0.6) is 0 Å². The zero-order valence-electron chi connectivity index (χ0n) is 10.8. The van der Waals surface area contributed by atoms with Crippen molar-refractivity contribution < 1.29 is 9.53 Å². The van der Waals surface area contributed by atoms with Crippen molar-refractivity contribution >= 4 is 11.7 Å². The molecule has 1 aliphatic rings. The van der Waals surface area contributed by atoms with Crippen molar-refractivity contribution in [3.8, 4) is 0 Å². The van der Waals surface area contributed by atoms with Crippen LogP contribution in [0.4, 0.5) is 5.82 Å². The number of amides is 1. The highest BCUT2D eigenvalue weighted by molar-refractivity contribution is 5.95. The van der Waals surface area contributed by atoms with Crippen LogP contribution in [0.1, 0.15) is 29.9 Å². The lowest BCUT2D eigenvalue weighted by atomic mass is 10.1. The minimum atomic E-state index is 0.00889. The molecule has 1 amide bonds. The van der Waals surface area contributed by atoms with E-state index in [0.29, 0.717) is 31.1 Å². The molecule has 0 bridgehead atoms. The Labute approximate surface area is 107 Å². The molecule has 0 saturated carbocycles. The summed E-state index contributed by atoms with van der Waals surface area (Å²) in [4.78, 5) is 18.4. The monoisotopic (exact) mass is 249 g/mol. The minimum Gasteiger partial charge on any atom is -0.384 e. The Bertz CT molecular complexity index is 448. The van der Waals surface area contributed by atoms with Crippen LogP contribution in [0.2, 0.25) is 0 Å². The van der Waals surface area contributed by atoms with Crippen LogP contribution in [-0.4, -0.2) is 41.6 Å². The molecule has 98 valence electrons. The summed E-state index contributed by atoms with van der Waals surface area (Å²) in [5.74, 6) is 0.410. The first-order valence-corrected chi connectivity index (χ1v) is 6.27. The van der Waals surface area contributed by atoms with Gasteiger partial charge in [-0.25, -0.2) is 4.98 Å². The fourth-order valence-electron chi connectivity index (χ4n) is 2.11. The summed E-state index contributed by atoms with van der Waals surface area (Å²) in [5.41, 5.74) is 7.20. The number of aryl methyl sites for hydroxylation is 1. The topological polar surface area (TPSA) is 68.5 Å². The number of hydrogen-bond donors (Lipinski definition) is 1. The zero-order chi connectivity index (χ0) is 13.1. The van der Waals surface area contributed by atoms with Crippen LogP contribution in [-0.2, 0) is 11.2 Å². The van der Waals surface area contributed by atoms with Crippen molar-refractivity contribution in [2.45, 2.75) is 26.3 Å². The van der Waals surface area contributed by atoms with Gasteiger partial charge in [-0.1, -0.05) is 6.92 Å². The van der Waals surface area contributed by atoms with Gasteiger partial charge in [-0.05, 0) is 25.5 Å². The van der Waals surface area contributed by atoms with Crippen LogP contribution in [0.3, 0.4) is 0 Å². The summed E-state index contributed by atoms with van der Waals surface area (Å²) in [5, 5.41) is 0. The highest BCUT2D eigenvalue weighted by atomic mass is 16.5. The molecule has 1 atom stereocenters. The SMILES string of the molecule is CCc1cc(C(=O)N2CCOCC2C)cc(N)n1. The number of morpholine rings is 1. The lowest BCUT2D eigenvalue weighted by Crippen LogP contribution is -2.47. The third kappa shape index (κ3) is 2.61. The van der Waals surface area contributed by atoms with Gasteiger partial charge in [0.05, 0.1) is 19.3 Å². The predicted molar refractivity (Wildman–Crippen MR) is 69.3 cm³/mol. The Morgan fingerprint density at radius 3 is 3.06 bits per heavy atom. The van der Waals surface area contributed by atoms with Crippen LogP contribution in [0, 0.1) is 0 Å². The van der Waals surface area contributed by atoms with E-state index in [9.17, 15) is 4.79 Å². The van der Waals surface area contributed by atoms with Crippen LogP contribution in [0.15, 0.2) is 12.1 Å². The Morgan fingerprint density at radius 2 is 2.39 bits per heavy atom. The van der Waals surface area contributed by atoms with Gasteiger partial charge in [0.2, 0.25) is 0 Å². The molecule has 2 heterocycles. The Hall–Kier alpha value is -1.62. The predicted octanol–water partition coefficient (Wildman–Crippen LogP) is 1.09. The van der Waals surface area contributed by atoms with Gasteiger partial charge in [-0.15, -0.1) is 0 Å². The fourth-order valence-corrected chi connectivity index (χ4v) is 2.11. The van der Waals surface area contributed by atoms with Gasteiger partial charge >= 0.3 is 0 Å². The van der Waals surface area contributed by atoms with Crippen LogP contribution in [0.25, 0.3) is 0 Å². The maximum atomic E-state index is 12.4. The number of ether oxygens (including phenoxy) is 1. The average molecular weight is 249 g/mol. The van der Waals surface area contributed by atoms with Gasteiger partial charge in [0, 0.05) is 17.8 Å². The van der Waals surface area contributed by atoms with Crippen molar-refractivity contribution in [1.29, 1.82) is 0 Å². The summed E-state index contributed by atoms with van der Waals surface area (Å²) in [6, 6.07) is 3.57. The molecule has 1 aromatic rings. The van der Waals surface area contributed by atoms with E-state index < -0.39 is 0 Å². The van der Waals surface area contributed by atoms with Gasteiger partial charge in [-0.2, -0.15) is 0 Å². The van der Waals surface area contributed by atoms with E-state index in [1.165, 1.54) is 0 Å². The van der Waals surface area contributed by atoms with Gasteiger partial charge in [-0.3, -0.25) is 4.79 Å². The summed E-state index contributed by atoms with van der Waals surface area (Å²) in [7, 11) is 0. The Kier molecular flexibility index (Phi) is 3.81. The minimum absolute atomic E-state index is 0.00889. The zero-order valence-corrected chi connectivity index (χ0v) is 10.8. The number of rotatable bonds is 2. The second kappa shape index (κ2) is 5.35. The highest BCUT2D eigenvalue weighted by Gasteiger charge is 2.25. The summed E-state index contributed by atoms with van der Waals surface area (Å²) in [6.45, 7) is 5.80. The van der Waals surface area contributed by atoms with E-state index in [1.54, 1.807) is 6.07 Å². The molecule has 5 nitrogen and oxygen atoms in total. The largest absolute Gasteiger partial charge is 0.384 e. The van der Waals surface area contributed by atoms with Crippen LogP contribution >= 0.6 is 0 Å². The van der Waals surface area contributed by atoms with E-state index >= 15 is 0 Å². The maximum absolute atomic E-state index is 12.4. The number of nitrogens with two attached hydrogens (primary N) is 1. The van der Waals surface area contributed by atoms with E-state index in [4.69, 9.17) is 10.5 Å². The number of hydrogen-bond acceptors (Lipinski definition) is 4. The molecule has 0 radical (unpaired) electrons. The van der Waals surface area contributed by atoms with Gasteiger partial charge in [0.1, 0.15) is 5.82 Å². The van der Waals surface area contributed by atoms with E-state index in [1.807, 2.05) is 24.8 Å². The van der Waals surface area contributed by atoms with Gasteiger partial charge in [0.15, 0.2) is 0 Å². The fraction of sp³-hybridized carbons (Fsp3) is 0.538. The van der Waals surface area contributed by atoms with Crippen molar-refractivity contribution in [2.75, 3.05) is 25.5 Å². The number of carbonyl (C=O) groups excluding carboxylic acids is 1. The Balaban J connectivity index is 2.24. The first kappa shape index (κ1) is 12.8. The average Bonchev–Trinajstić information content (AvgIpc) is 2.37. The first-order valence-electron chi connectivity index (χ1n) is 6.27. The molecule has 1 fully saturated rings. The molecule has 0 aliphatic carbocycles. The molecular weight excluding hydrogens is 230 g/mol. The van der Waals surface area contributed by atoms with Crippen molar-refractivity contribution in [3.05, 3.63) is 23.4 Å². The smallest absolute Gasteiger partial charge is 0.254 e. The molecular formula is C13H19N3O2. The molecule has 18 heavy (non-hydrogen) atoms. The van der Waals surface area contributed by atoms with E-state index in [0.717, 1.165) is 12.1 Å². The molecule has 0 spiro atoms. The van der Waals surface area contributed by atoms with Crippen molar-refractivity contribution in [2.24, 2.45) is 0 Å². The molecule has 1 aliphatic heterocycles. The number of carbonyl (C=O) groups is 1. The van der Waals surface area contributed by atoms with Crippen molar-refractivity contribution in [1.82, 2.24) is 9.88 Å². The molecule has 2 rings (SSSR count). The quantitative estimate of drug-likeness (QED) is 0.851. The third-order valence-electron chi connectivity index (χ3n) is 3.14. The molecule has 1 aromatic heterocycles. The lowest BCUT2D eigenvalue weighted by Gasteiger charge is -2.33. The lowest BCUT2D eigenvalue weighted by molar-refractivity contribution is 0.00358. The highest BCUT2D eigenvalue weighted by Crippen LogP contribution is 2.15. The molecule has 5 heteroatoms. The van der Waals surface area contributed by atoms with Gasteiger partial charge in [0.25, 0.3) is 5.91 Å². The summed E-state index contributed by atoms with van der Waals surface area (Å²) in [6.07, 6.45) is 0.768. The second-order valence-electron chi connectivity index (χ2n) is 4.55. The molecule has 1 unspecified atom stereocenters. The maximum Gasteiger partial charge on any atom is 0.254 e. The number of nitrogens with zero attached hydrogens (tertiary/aromatic N) is 2. The number of nitrogen functional groups attached to an aromatic ring is 1. The standard InChI is InChI=1S/C13H19N3O2/c1-3-11-6-10(7-12(14)15-11)13(17)16-4-5-18-8-9(16)2/h6-7,9H,3-5,8H2,1-2H3,(H2,14,15). The van der Waals surface area contributed by atoms with Crippen molar-refractivity contribution in [3.63, 3.8) is 0 Å². The number of aromatic nitrogens is 1. The van der Waals surface area contributed by atoms with E-state index in [-0.39, 0.29) is 11.9 Å². The molecule has 2 N–H and O–H groups in total. The number of pyridine rings is 1. The first-order chi connectivity index (χ1) is 8.61. The van der Waals surface area contributed by atoms with Crippen LogP contribution < -0.4 is 5.73 Å². The van der Waals surface area contributed by atoms with E-state index in [2.05, 4.69) is 4.98 Å². The summed E-state index contributed by atoms with van der Waals surface area (Å²) >= 11 is 0. The summed E-state index contributed by atoms with van der Waals surface area (Å²) < 4.78 is 5.34. The normalized spacial score (nSPS) is 19.9. The Morgan fingerprint density at radius 1 is 1.61 bits per heavy atom. The second-order valence-corrected chi connectivity index (χ2v) is 4.55. The number of anilines is 1.